The van der Waals surface area contributed by atoms with Gasteiger partial charge < -0.3 is 20.5 Å². The number of hydrogen-bond acceptors (Lipinski definition) is 5. The van der Waals surface area contributed by atoms with E-state index in [-0.39, 0.29) is 11.6 Å². The van der Waals surface area contributed by atoms with E-state index < -0.39 is 0 Å². The van der Waals surface area contributed by atoms with Crippen molar-refractivity contribution in [3.8, 4) is 0 Å². The highest BCUT2D eigenvalue weighted by Crippen LogP contribution is 2.08. The first-order valence-corrected chi connectivity index (χ1v) is 6.36. The van der Waals surface area contributed by atoms with Crippen LogP contribution >= 0.6 is 0 Å². The molecule has 1 amide bonds. The molecule has 0 saturated carbocycles. The average Bonchev–Trinajstić information content (AvgIpc) is 2.79. The van der Waals surface area contributed by atoms with E-state index in [2.05, 4.69) is 10.4 Å². The minimum absolute atomic E-state index is 0.249. The fourth-order valence-electron chi connectivity index (χ4n) is 1.48. The molecule has 19 heavy (non-hydrogen) atoms. The summed E-state index contributed by atoms with van der Waals surface area (Å²) >= 11 is 0. The molecule has 7 nitrogen and oxygen atoms in total. The summed E-state index contributed by atoms with van der Waals surface area (Å²) in [4.78, 5) is 11.8. The molecule has 0 atom stereocenters. The first-order valence-electron chi connectivity index (χ1n) is 6.36. The largest absolute Gasteiger partial charge is 0.396 e. The normalized spacial score (nSPS) is 10.6. The van der Waals surface area contributed by atoms with Crippen molar-refractivity contribution in [1.82, 2.24) is 15.1 Å². The van der Waals surface area contributed by atoms with Gasteiger partial charge in [0, 0.05) is 33.0 Å². The van der Waals surface area contributed by atoms with E-state index in [1.807, 2.05) is 6.92 Å². The Hall–Kier alpha value is -1.60. The number of amides is 1. The van der Waals surface area contributed by atoms with Crippen LogP contribution in [0.4, 0.5) is 5.69 Å². The molecule has 0 aliphatic rings. The van der Waals surface area contributed by atoms with Crippen molar-refractivity contribution < 1.29 is 14.3 Å². The van der Waals surface area contributed by atoms with E-state index in [0.717, 1.165) is 6.42 Å². The Labute approximate surface area is 113 Å². The average molecular weight is 270 g/mol. The Morgan fingerprint density at radius 1 is 1.47 bits per heavy atom. The van der Waals surface area contributed by atoms with Gasteiger partial charge in [0.1, 0.15) is 0 Å². The maximum Gasteiger partial charge on any atom is 0.273 e. The molecule has 7 heteroatoms. The summed E-state index contributed by atoms with van der Waals surface area (Å²) in [6, 6.07) is 0. The van der Waals surface area contributed by atoms with Crippen molar-refractivity contribution in [1.29, 1.82) is 0 Å². The highest BCUT2D eigenvalue weighted by molar-refractivity contribution is 5.96. The second-order valence-electron chi connectivity index (χ2n) is 4.00. The Kier molecular flexibility index (Phi) is 6.91. The number of nitrogens with zero attached hydrogens (tertiary/aromatic N) is 2. The lowest BCUT2D eigenvalue weighted by Gasteiger charge is -2.05. The molecular formula is C12H22N4O3. The van der Waals surface area contributed by atoms with E-state index >= 15 is 0 Å². The molecule has 108 valence electrons. The topological polar surface area (TPSA) is 91.4 Å². The number of carbonyl (C=O) groups excluding carboxylic acids is 1. The Balaban J connectivity index is 2.22. The number of carbonyl (C=O) groups is 1. The number of rotatable bonds is 9. The number of aromatic nitrogens is 2. The molecule has 0 spiro atoms. The molecular weight excluding hydrogens is 248 g/mol. The fourth-order valence-corrected chi connectivity index (χ4v) is 1.48. The molecule has 0 saturated heterocycles. The van der Waals surface area contributed by atoms with Crippen LogP contribution < -0.4 is 11.1 Å². The zero-order valence-corrected chi connectivity index (χ0v) is 11.5. The Morgan fingerprint density at radius 2 is 2.26 bits per heavy atom. The van der Waals surface area contributed by atoms with Crippen LogP contribution in [-0.4, -0.2) is 49.2 Å². The Morgan fingerprint density at radius 3 is 2.89 bits per heavy atom. The predicted octanol–water partition coefficient (Wildman–Crippen LogP) is 0.268. The summed E-state index contributed by atoms with van der Waals surface area (Å²) in [5.74, 6) is -0.249. The van der Waals surface area contributed by atoms with Gasteiger partial charge in [0.2, 0.25) is 0 Å². The van der Waals surface area contributed by atoms with Crippen LogP contribution in [0.3, 0.4) is 0 Å². The van der Waals surface area contributed by atoms with E-state index in [0.29, 0.717) is 38.6 Å². The van der Waals surface area contributed by atoms with Gasteiger partial charge in [0.25, 0.3) is 5.91 Å². The molecule has 0 radical (unpaired) electrons. The number of methoxy groups -OCH3 is 1. The molecule has 1 heterocycles. The van der Waals surface area contributed by atoms with Crippen molar-refractivity contribution in [3.05, 3.63) is 11.9 Å². The zero-order chi connectivity index (χ0) is 14.1. The van der Waals surface area contributed by atoms with E-state index in [9.17, 15) is 4.79 Å². The number of nitrogens with two attached hydrogens (primary N) is 1. The van der Waals surface area contributed by atoms with Gasteiger partial charge in [0.15, 0.2) is 5.69 Å². The lowest BCUT2D eigenvalue weighted by Crippen LogP contribution is -2.26. The van der Waals surface area contributed by atoms with Crippen LogP contribution in [0.2, 0.25) is 0 Å². The van der Waals surface area contributed by atoms with Gasteiger partial charge in [0.05, 0.1) is 18.9 Å². The van der Waals surface area contributed by atoms with Crippen LogP contribution in [0.15, 0.2) is 6.20 Å². The molecule has 0 bridgehead atoms. The second kappa shape index (κ2) is 8.49. The van der Waals surface area contributed by atoms with Crippen molar-refractivity contribution >= 4 is 11.6 Å². The van der Waals surface area contributed by atoms with Crippen LogP contribution in [-0.2, 0) is 16.0 Å². The third kappa shape index (κ3) is 5.27. The second-order valence-corrected chi connectivity index (χ2v) is 4.00. The first-order chi connectivity index (χ1) is 9.19. The number of anilines is 1. The minimum Gasteiger partial charge on any atom is -0.396 e. The van der Waals surface area contributed by atoms with E-state index in [1.54, 1.807) is 18.0 Å². The minimum atomic E-state index is -0.249. The molecule has 0 aliphatic carbocycles. The SMILES string of the molecule is CCn1cc(N)c(C(=O)NCCCOCCOC)n1. The Bertz CT molecular complexity index is 392. The molecule has 1 rings (SSSR count). The van der Waals surface area contributed by atoms with Gasteiger partial charge in [-0.05, 0) is 13.3 Å². The van der Waals surface area contributed by atoms with Gasteiger partial charge in [-0.15, -0.1) is 0 Å². The summed E-state index contributed by atoms with van der Waals surface area (Å²) < 4.78 is 11.8. The number of ether oxygens (including phenoxy) is 2. The maximum atomic E-state index is 11.8. The third-order valence-corrected chi connectivity index (χ3v) is 2.51. The monoisotopic (exact) mass is 270 g/mol. The number of hydrogen-bond donors (Lipinski definition) is 2. The van der Waals surface area contributed by atoms with Gasteiger partial charge >= 0.3 is 0 Å². The molecule has 1 aromatic heterocycles. The summed E-state index contributed by atoms with van der Waals surface area (Å²) in [5.41, 5.74) is 6.40. The van der Waals surface area contributed by atoms with Gasteiger partial charge in [-0.3, -0.25) is 9.48 Å². The van der Waals surface area contributed by atoms with Gasteiger partial charge in [-0.1, -0.05) is 0 Å². The molecule has 0 aliphatic heterocycles. The molecule has 0 unspecified atom stereocenters. The third-order valence-electron chi connectivity index (χ3n) is 2.51. The smallest absolute Gasteiger partial charge is 0.273 e. The van der Waals surface area contributed by atoms with E-state index in [4.69, 9.17) is 15.2 Å². The van der Waals surface area contributed by atoms with Gasteiger partial charge in [-0.25, -0.2) is 0 Å². The van der Waals surface area contributed by atoms with Crippen LogP contribution in [0.5, 0.6) is 0 Å². The summed E-state index contributed by atoms with van der Waals surface area (Å²) in [5, 5.41) is 6.86. The van der Waals surface area contributed by atoms with Crippen LogP contribution in [0.25, 0.3) is 0 Å². The molecule has 0 aromatic carbocycles. The standard InChI is InChI=1S/C12H22N4O3/c1-3-16-9-10(13)11(15-16)12(17)14-5-4-6-19-8-7-18-2/h9H,3-8,13H2,1-2H3,(H,14,17). The van der Waals surface area contributed by atoms with Crippen molar-refractivity contribution in [2.45, 2.75) is 19.9 Å². The molecule has 0 fully saturated rings. The molecule has 1 aromatic rings. The van der Waals surface area contributed by atoms with Crippen LogP contribution in [0.1, 0.15) is 23.8 Å². The zero-order valence-electron chi connectivity index (χ0n) is 11.5. The lowest BCUT2D eigenvalue weighted by atomic mass is 10.3. The summed E-state index contributed by atoms with van der Waals surface area (Å²) in [6.45, 7) is 4.89. The number of aryl methyl sites for hydroxylation is 1. The van der Waals surface area contributed by atoms with Crippen molar-refractivity contribution in [2.75, 3.05) is 39.2 Å². The van der Waals surface area contributed by atoms with Crippen molar-refractivity contribution in [3.63, 3.8) is 0 Å². The lowest BCUT2D eigenvalue weighted by molar-refractivity contribution is 0.0688. The van der Waals surface area contributed by atoms with Crippen LogP contribution in [0, 0.1) is 0 Å². The highest BCUT2D eigenvalue weighted by atomic mass is 16.5. The van der Waals surface area contributed by atoms with Gasteiger partial charge in [-0.2, -0.15) is 5.10 Å². The summed E-state index contributed by atoms with van der Waals surface area (Å²) in [7, 11) is 1.63. The first kappa shape index (κ1) is 15.5. The molecule has 3 N–H and O–H groups in total. The highest BCUT2D eigenvalue weighted by Gasteiger charge is 2.13. The number of nitrogens with one attached hydrogen (secondary N) is 1. The quantitative estimate of drug-likeness (QED) is 0.628. The van der Waals surface area contributed by atoms with Crippen molar-refractivity contribution in [2.24, 2.45) is 0 Å². The summed E-state index contributed by atoms with van der Waals surface area (Å²) in [6.07, 6.45) is 2.40. The fraction of sp³-hybridized carbons (Fsp3) is 0.667. The maximum absolute atomic E-state index is 11.8. The number of nitrogen functional groups attached to an aromatic ring is 1. The van der Waals surface area contributed by atoms with E-state index in [1.165, 1.54) is 0 Å². The predicted molar refractivity (Wildman–Crippen MR) is 72.0 cm³/mol.